The summed E-state index contributed by atoms with van der Waals surface area (Å²) in [6.45, 7) is 9.20. The number of rotatable bonds is 4. The van der Waals surface area contributed by atoms with Gasteiger partial charge in [0.1, 0.15) is 0 Å². The fraction of sp³-hybridized carbons (Fsp3) is 0.583. The first-order valence-electron chi connectivity index (χ1n) is 11.6. The molecule has 2 saturated heterocycles. The van der Waals surface area contributed by atoms with E-state index in [9.17, 15) is 4.79 Å². The maximum atomic E-state index is 12.7. The molecule has 0 unspecified atom stereocenters. The topological polar surface area (TPSA) is 55.5 Å². The van der Waals surface area contributed by atoms with Crippen LogP contribution in [-0.2, 0) is 19.5 Å². The fourth-order valence-electron chi connectivity index (χ4n) is 5.03. The van der Waals surface area contributed by atoms with E-state index in [0.29, 0.717) is 0 Å². The van der Waals surface area contributed by atoms with Crippen molar-refractivity contribution in [2.75, 3.05) is 42.5 Å². The number of anilines is 2. The molecule has 0 aliphatic carbocycles. The van der Waals surface area contributed by atoms with Gasteiger partial charge in [0, 0.05) is 57.1 Å². The number of nitrogens with one attached hydrogen (secondary N) is 1. The zero-order valence-corrected chi connectivity index (χ0v) is 18.1. The lowest BCUT2D eigenvalue weighted by Gasteiger charge is -2.32. The molecule has 0 amide bonds. The minimum absolute atomic E-state index is 0.0586. The third-order valence-electron chi connectivity index (χ3n) is 7.04. The molecule has 0 bridgehead atoms. The van der Waals surface area contributed by atoms with Gasteiger partial charge in [-0.25, -0.2) is 4.98 Å². The van der Waals surface area contributed by atoms with E-state index in [0.717, 1.165) is 62.3 Å². The molecule has 0 radical (unpaired) electrons. The Bertz CT molecular complexity index is 924. The van der Waals surface area contributed by atoms with Crippen LogP contribution in [0.1, 0.15) is 49.4 Å². The van der Waals surface area contributed by atoms with E-state index in [2.05, 4.69) is 50.9 Å². The molecule has 2 aromatic rings. The van der Waals surface area contributed by atoms with Crippen LogP contribution in [0.3, 0.4) is 0 Å². The van der Waals surface area contributed by atoms with Crippen LogP contribution in [0, 0.1) is 5.92 Å². The number of H-pyrrole nitrogens is 1. The maximum Gasteiger partial charge on any atom is 0.255 e. The molecule has 1 N–H and O–H groups in total. The Labute approximate surface area is 178 Å². The zero-order chi connectivity index (χ0) is 20.5. The lowest BCUT2D eigenvalue weighted by Crippen LogP contribution is -2.39. The monoisotopic (exact) mass is 407 g/mol. The predicted molar refractivity (Wildman–Crippen MR) is 121 cm³/mol. The molecule has 1 aromatic heterocycles. The number of benzene rings is 1. The van der Waals surface area contributed by atoms with Gasteiger partial charge in [-0.05, 0) is 55.7 Å². The van der Waals surface area contributed by atoms with Gasteiger partial charge < -0.3 is 9.80 Å². The summed E-state index contributed by atoms with van der Waals surface area (Å²) in [4.78, 5) is 27.8. The molecule has 0 atom stereocenters. The number of nitrogens with zero attached hydrogens (tertiary/aromatic N) is 4. The van der Waals surface area contributed by atoms with E-state index in [1.54, 1.807) is 0 Å². The van der Waals surface area contributed by atoms with Crippen molar-refractivity contribution in [2.24, 2.45) is 5.92 Å². The first-order valence-corrected chi connectivity index (χ1v) is 11.6. The number of hydrogen-bond donors (Lipinski definition) is 1. The number of hydrogen-bond acceptors (Lipinski definition) is 5. The Morgan fingerprint density at radius 3 is 2.47 bits per heavy atom. The van der Waals surface area contributed by atoms with Crippen molar-refractivity contribution >= 4 is 11.6 Å². The smallest absolute Gasteiger partial charge is 0.255 e. The first-order chi connectivity index (χ1) is 14.7. The standard InChI is InChI=1S/C24H33N5O/c1-18-8-14-29(15-9-18)24-25-22-17-27(13-10-21(22)23(30)26-24)16-19-4-6-20(7-5-19)28-11-2-3-12-28/h4-7,18H,2-3,8-17H2,1H3,(H,25,26,30). The van der Waals surface area contributed by atoms with Crippen LogP contribution in [0.5, 0.6) is 0 Å². The Balaban J connectivity index is 1.27. The van der Waals surface area contributed by atoms with E-state index in [-0.39, 0.29) is 5.56 Å². The highest BCUT2D eigenvalue weighted by Gasteiger charge is 2.24. The van der Waals surface area contributed by atoms with Gasteiger partial charge in [0.15, 0.2) is 0 Å². The van der Waals surface area contributed by atoms with Crippen molar-refractivity contribution in [1.29, 1.82) is 0 Å². The maximum absolute atomic E-state index is 12.7. The summed E-state index contributed by atoms with van der Waals surface area (Å²) in [5.74, 6) is 1.53. The fourth-order valence-corrected chi connectivity index (χ4v) is 5.03. The molecule has 30 heavy (non-hydrogen) atoms. The van der Waals surface area contributed by atoms with Gasteiger partial charge in [-0.3, -0.25) is 14.7 Å². The molecular formula is C24H33N5O. The average molecular weight is 408 g/mol. The summed E-state index contributed by atoms with van der Waals surface area (Å²) >= 11 is 0. The van der Waals surface area contributed by atoms with Crippen LogP contribution in [-0.4, -0.2) is 47.6 Å². The van der Waals surface area contributed by atoms with Crippen LogP contribution in [0.4, 0.5) is 11.6 Å². The normalized spacial score (nSPS) is 20.6. The molecule has 0 saturated carbocycles. The number of aromatic nitrogens is 2. The Morgan fingerprint density at radius 1 is 1.00 bits per heavy atom. The highest BCUT2D eigenvalue weighted by molar-refractivity contribution is 5.48. The Kier molecular flexibility index (Phi) is 5.50. The molecule has 1 aromatic carbocycles. The second-order valence-electron chi connectivity index (χ2n) is 9.31. The van der Waals surface area contributed by atoms with Crippen LogP contribution >= 0.6 is 0 Å². The molecule has 6 heteroatoms. The van der Waals surface area contributed by atoms with Crippen molar-refractivity contribution in [2.45, 2.75) is 52.1 Å². The molecule has 5 rings (SSSR count). The number of aromatic amines is 1. The lowest BCUT2D eigenvalue weighted by molar-refractivity contribution is 0.240. The van der Waals surface area contributed by atoms with Crippen molar-refractivity contribution < 1.29 is 0 Å². The second-order valence-corrected chi connectivity index (χ2v) is 9.31. The van der Waals surface area contributed by atoms with Crippen LogP contribution in [0.15, 0.2) is 29.1 Å². The largest absolute Gasteiger partial charge is 0.372 e. The highest BCUT2D eigenvalue weighted by atomic mass is 16.1. The zero-order valence-electron chi connectivity index (χ0n) is 18.1. The Morgan fingerprint density at radius 2 is 1.73 bits per heavy atom. The number of fused-ring (bicyclic) bond motifs is 1. The minimum Gasteiger partial charge on any atom is -0.372 e. The van der Waals surface area contributed by atoms with Crippen molar-refractivity contribution in [3.05, 3.63) is 51.4 Å². The van der Waals surface area contributed by atoms with E-state index in [1.807, 2.05) is 0 Å². The second kappa shape index (κ2) is 8.42. The molecule has 2 fully saturated rings. The molecule has 3 aliphatic heterocycles. The van der Waals surface area contributed by atoms with Gasteiger partial charge in [0.25, 0.3) is 5.56 Å². The van der Waals surface area contributed by atoms with Gasteiger partial charge in [-0.2, -0.15) is 0 Å². The van der Waals surface area contributed by atoms with Crippen LogP contribution in [0.25, 0.3) is 0 Å². The van der Waals surface area contributed by atoms with Gasteiger partial charge in [-0.1, -0.05) is 19.1 Å². The molecule has 6 nitrogen and oxygen atoms in total. The van der Waals surface area contributed by atoms with E-state index in [4.69, 9.17) is 4.98 Å². The first kappa shape index (κ1) is 19.6. The summed E-state index contributed by atoms with van der Waals surface area (Å²) < 4.78 is 0. The Hall–Kier alpha value is -2.34. The summed E-state index contributed by atoms with van der Waals surface area (Å²) in [6.07, 6.45) is 5.72. The van der Waals surface area contributed by atoms with E-state index in [1.165, 1.54) is 50.0 Å². The van der Waals surface area contributed by atoms with Crippen molar-refractivity contribution in [1.82, 2.24) is 14.9 Å². The molecule has 3 aliphatic rings. The predicted octanol–water partition coefficient (Wildman–Crippen LogP) is 3.16. The molecule has 0 spiro atoms. The van der Waals surface area contributed by atoms with E-state index >= 15 is 0 Å². The van der Waals surface area contributed by atoms with Crippen LogP contribution < -0.4 is 15.4 Å². The van der Waals surface area contributed by atoms with Crippen molar-refractivity contribution in [3.8, 4) is 0 Å². The minimum atomic E-state index is 0.0586. The molecule has 4 heterocycles. The quantitative estimate of drug-likeness (QED) is 0.844. The summed E-state index contributed by atoms with van der Waals surface area (Å²) in [7, 11) is 0. The van der Waals surface area contributed by atoms with Gasteiger partial charge in [0.2, 0.25) is 5.95 Å². The highest BCUT2D eigenvalue weighted by Crippen LogP contribution is 2.24. The van der Waals surface area contributed by atoms with Crippen LogP contribution in [0.2, 0.25) is 0 Å². The van der Waals surface area contributed by atoms with E-state index < -0.39 is 0 Å². The van der Waals surface area contributed by atoms with Gasteiger partial charge >= 0.3 is 0 Å². The SMILES string of the molecule is CC1CCN(c2nc3c(c(=O)[nH]2)CCN(Cc2ccc(N4CCCC4)cc2)C3)CC1. The molecular weight excluding hydrogens is 374 g/mol. The third-order valence-corrected chi connectivity index (χ3v) is 7.04. The van der Waals surface area contributed by atoms with Crippen molar-refractivity contribution in [3.63, 3.8) is 0 Å². The van der Waals surface area contributed by atoms with Gasteiger partial charge in [0.05, 0.1) is 5.69 Å². The molecule has 160 valence electrons. The average Bonchev–Trinajstić information content (AvgIpc) is 3.29. The lowest BCUT2D eigenvalue weighted by atomic mass is 9.99. The van der Waals surface area contributed by atoms with Gasteiger partial charge in [-0.15, -0.1) is 0 Å². The third kappa shape index (κ3) is 4.10. The number of piperidine rings is 1. The summed E-state index contributed by atoms with van der Waals surface area (Å²) in [5, 5.41) is 0. The summed E-state index contributed by atoms with van der Waals surface area (Å²) in [6, 6.07) is 9.04. The summed E-state index contributed by atoms with van der Waals surface area (Å²) in [5.41, 5.74) is 4.57.